The quantitative estimate of drug-likeness (QED) is 0.0687. The Labute approximate surface area is 352 Å². The van der Waals surface area contributed by atoms with Crippen molar-refractivity contribution in [3.63, 3.8) is 0 Å². The van der Waals surface area contributed by atoms with Crippen LogP contribution in [0.5, 0.6) is 28.7 Å². The second-order valence-corrected chi connectivity index (χ2v) is 13.4. The minimum absolute atomic E-state index is 0.114. The molecule has 1 aliphatic rings. The summed E-state index contributed by atoms with van der Waals surface area (Å²) in [5.74, 6) is -7.41. The third kappa shape index (κ3) is 11.7. The molecule has 0 saturated heterocycles. The third-order valence-corrected chi connectivity index (χ3v) is 8.55. The minimum Gasteiger partial charge on any atom is -0.496 e. The molecule has 4 atom stereocenters. The Morgan fingerprint density at radius 3 is 1.77 bits per heavy atom. The van der Waals surface area contributed by atoms with Gasteiger partial charge in [-0.15, -0.1) is 0 Å². The highest BCUT2D eigenvalue weighted by Crippen LogP contribution is 2.40. The third-order valence-electron chi connectivity index (χ3n) is 8.55. The molecule has 18 nitrogen and oxygen atoms in total. The molecule has 324 valence electrons. The van der Waals surface area contributed by atoms with E-state index >= 15 is 0 Å². The molecule has 4 aromatic rings. The topological polar surface area (TPSA) is 233 Å². The monoisotopic (exact) mass is 856 g/mol. The van der Waals surface area contributed by atoms with Crippen LogP contribution in [0.4, 0.5) is 0 Å². The summed E-state index contributed by atoms with van der Waals surface area (Å²) in [7, 11) is 1.34. The molecular weight excluding hydrogens is 816 g/mol. The number of hydrogen-bond acceptors (Lipinski definition) is 18. The van der Waals surface area contributed by atoms with Gasteiger partial charge < -0.3 is 47.0 Å². The van der Waals surface area contributed by atoms with E-state index in [1.807, 2.05) is 0 Å². The number of esters is 7. The predicted molar refractivity (Wildman–Crippen MR) is 214 cm³/mol. The van der Waals surface area contributed by atoms with Crippen LogP contribution >= 0.6 is 0 Å². The molecular formula is C44H40O18. The molecule has 0 bridgehead atoms. The van der Waals surface area contributed by atoms with E-state index in [1.165, 1.54) is 81.6 Å². The first-order chi connectivity index (χ1) is 29.4. The Morgan fingerprint density at radius 1 is 0.661 bits per heavy atom. The van der Waals surface area contributed by atoms with Crippen LogP contribution in [0.1, 0.15) is 47.1 Å². The molecule has 0 saturated carbocycles. The van der Waals surface area contributed by atoms with Crippen molar-refractivity contribution in [3.8, 4) is 40.1 Å². The fourth-order valence-electron chi connectivity index (χ4n) is 6.22. The lowest BCUT2D eigenvalue weighted by Gasteiger charge is -2.39. The van der Waals surface area contributed by atoms with Crippen molar-refractivity contribution >= 4 is 58.8 Å². The van der Waals surface area contributed by atoms with Gasteiger partial charge in [0.2, 0.25) is 11.2 Å². The van der Waals surface area contributed by atoms with E-state index in [0.717, 1.165) is 33.8 Å². The molecule has 62 heavy (non-hydrogen) atoms. The van der Waals surface area contributed by atoms with Crippen LogP contribution in [-0.4, -0.2) is 73.8 Å². The van der Waals surface area contributed by atoms with Crippen LogP contribution in [0.15, 0.2) is 87.8 Å². The first-order valence-electron chi connectivity index (χ1n) is 18.6. The lowest BCUT2D eigenvalue weighted by Crippen LogP contribution is -2.53. The number of fused-ring (bicyclic) bond motifs is 1. The van der Waals surface area contributed by atoms with Crippen molar-refractivity contribution in [1.82, 2.24) is 0 Å². The van der Waals surface area contributed by atoms with E-state index in [0.29, 0.717) is 11.3 Å². The SMILES string of the molecule is COc1cc(OC(C)=O)c2c(=O)c(OC3=CC(COC(=O)/C=C/c4ccc(OC(C)=O)cc4)[C@@H](OC(C)=O)C(OC(C)=O)C3OC(C)=O)c(-c3ccc(OC(C)=O)cc3)oc2c1. The highest BCUT2D eigenvalue weighted by atomic mass is 16.6. The lowest BCUT2D eigenvalue weighted by molar-refractivity contribution is -0.189. The first kappa shape index (κ1) is 45.3. The normalized spacial score (nSPS) is 16.9. The highest BCUT2D eigenvalue weighted by Gasteiger charge is 2.48. The number of carbonyl (C=O) groups excluding carboxylic acids is 7. The van der Waals surface area contributed by atoms with Gasteiger partial charge in [0.05, 0.1) is 13.0 Å². The van der Waals surface area contributed by atoms with Gasteiger partial charge in [0, 0.05) is 65.3 Å². The molecule has 0 N–H and O–H groups in total. The van der Waals surface area contributed by atoms with Crippen molar-refractivity contribution in [2.24, 2.45) is 5.92 Å². The van der Waals surface area contributed by atoms with Gasteiger partial charge in [0.1, 0.15) is 46.3 Å². The molecule has 3 unspecified atom stereocenters. The van der Waals surface area contributed by atoms with Crippen molar-refractivity contribution in [2.75, 3.05) is 13.7 Å². The van der Waals surface area contributed by atoms with Gasteiger partial charge in [-0.1, -0.05) is 12.1 Å². The maximum Gasteiger partial charge on any atom is 0.330 e. The molecule has 3 aromatic carbocycles. The molecule has 0 spiro atoms. The van der Waals surface area contributed by atoms with Gasteiger partial charge in [-0.3, -0.25) is 33.6 Å². The standard InChI is InChI=1S/C44H40O18/c1-22(45)55-31-13-8-28(9-14-31)10-17-37(51)54-21-30-18-36(42(59-26(5)49)44(60-27(6)50)41(30)58-25(4)48)62-43-39(52)38-34(57-24(3)47)19-33(53-7)20-35(38)61-40(43)29-11-15-32(16-12-29)56-23(2)46/h8-20,30,41-42,44H,21H2,1-7H3/b17-10+/t30?,41-,42?,44?/m1/s1. The molecule has 1 heterocycles. The van der Waals surface area contributed by atoms with Crippen LogP contribution in [0.25, 0.3) is 28.4 Å². The Morgan fingerprint density at radius 2 is 1.23 bits per heavy atom. The average Bonchev–Trinajstić information content (AvgIpc) is 3.19. The summed E-state index contributed by atoms with van der Waals surface area (Å²) in [4.78, 5) is 101. The van der Waals surface area contributed by atoms with E-state index < -0.39 is 83.8 Å². The van der Waals surface area contributed by atoms with Gasteiger partial charge >= 0.3 is 41.8 Å². The lowest BCUT2D eigenvalue weighted by atomic mass is 9.87. The summed E-state index contributed by atoms with van der Waals surface area (Å²) < 4.78 is 55.8. The maximum atomic E-state index is 14.7. The maximum absolute atomic E-state index is 14.7. The van der Waals surface area contributed by atoms with E-state index in [2.05, 4.69) is 0 Å². The van der Waals surface area contributed by atoms with Crippen molar-refractivity contribution in [1.29, 1.82) is 0 Å². The first-order valence-corrected chi connectivity index (χ1v) is 18.6. The van der Waals surface area contributed by atoms with Crippen LogP contribution < -0.4 is 29.1 Å². The van der Waals surface area contributed by atoms with Gasteiger partial charge in [0.15, 0.2) is 24.1 Å². The Bertz CT molecular complexity index is 2510. The second kappa shape index (κ2) is 20.0. The molecule has 5 rings (SSSR count). The fraction of sp³-hybridized carbons (Fsp3) is 0.273. The number of methoxy groups -OCH3 is 1. The van der Waals surface area contributed by atoms with E-state index in [1.54, 1.807) is 12.1 Å². The number of ether oxygens (including phenoxy) is 9. The smallest absolute Gasteiger partial charge is 0.330 e. The van der Waals surface area contributed by atoms with Crippen LogP contribution in [-0.2, 0) is 52.5 Å². The molecule has 18 heteroatoms. The second-order valence-electron chi connectivity index (χ2n) is 13.4. The zero-order chi connectivity index (χ0) is 45.2. The molecule has 1 aliphatic carbocycles. The van der Waals surface area contributed by atoms with Gasteiger partial charge in [0.25, 0.3) is 0 Å². The minimum atomic E-state index is -1.69. The zero-order valence-electron chi connectivity index (χ0n) is 34.4. The predicted octanol–water partition coefficient (Wildman–Crippen LogP) is 5.19. The Kier molecular flexibility index (Phi) is 14.6. The number of rotatable bonds is 14. The van der Waals surface area contributed by atoms with E-state index in [-0.39, 0.29) is 45.3 Å². The molecule has 0 amide bonds. The van der Waals surface area contributed by atoms with Crippen molar-refractivity contribution in [3.05, 3.63) is 94.4 Å². The number of hydrogen-bond donors (Lipinski definition) is 0. The van der Waals surface area contributed by atoms with Gasteiger partial charge in [-0.25, -0.2) is 4.79 Å². The molecule has 1 aromatic heterocycles. The highest BCUT2D eigenvalue weighted by molar-refractivity contribution is 5.91. The summed E-state index contributed by atoms with van der Waals surface area (Å²) in [5, 5.41) is -0.274. The summed E-state index contributed by atoms with van der Waals surface area (Å²) in [6.07, 6.45) is -0.999. The van der Waals surface area contributed by atoms with Crippen LogP contribution in [0.2, 0.25) is 0 Å². The largest absolute Gasteiger partial charge is 0.496 e. The number of carbonyl (C=O) groups is 7. The molecule has 0 fully saturated rings. The fourth-order valence-corrected chi connectivity index (χ4v) is 6.22. The number of benzene rings is 3. The van der Waals surface area contributed by atoms with Crippen LogP contribution in [0, 0.1) is 5.92 Å². The summed E-state index contributed by atoms with van der Waals surface area (Å²) in [5.41, 5.74) is -0.284. The van der Waals surface area contributed by atoms with Gasteiger partial charge in [-0.05, 0) is 54.1 Å². The van der Waals surface area contributed by atoms with Gasteiger partial charge in [-0.2, -0.15) is 0 Å². The Balaban J connectivity index is 1.66. The summed E-state index contributed by atoms with van der Waals surface area (Å²) in [6, 6.07) is 14.6. The van der Waals surface area contributed by atoms with E-state index in [4.69, 9.17) is 47.0 Å². The summed E-state index contributed by atoms with van der Waals surface area (Å²) in [6.45, 7) is 6.21. The van der Waals surface area contributed by atoms with Crippen LogP contribution in [0.3, 0.4) is 0 Å². The molecule has 0 radical (unpaired) electrons. The Hall–Kier alpha value is -7.76. The average molecular weight is 857 g/mol. The zero-order valence-corrected chi connectivity index (χ0v) is 34.4. The summed E-state index contributed by atoms with van der Waals surface area (Å²) >= 11 is 0. The molecule has 0 aliphatic heterocycles. The van der Waals surface area contributed by atoms with Crippen molar-refractivity contribution < 1.29 is 80.6 Å². The van der Waals surface area contributed by atoms with E-state index in [9.17, 15) is 38.4 Å². The van der Waals surface area contributed by atoms with Crippen molar-refractivity contribution in [2.45, 2.75) is 59.9 Å².